The standard InChI is InChI=1S/C14H22N2O/c1-3-12-6-9-16(10-7-12)11-14(17)13-5-4-8-15(13)2/h4-5,8,12H,3,6-7,9-11H2,1-2H3. The third-order valence-electron chi connectivity index (χ3n) is 3.88. The van der Waals surface area contributed by atoms with Gasteiger partial charge in [-0.3, -0.25) is 9.69 Å². The number of aromatic nitrogens is 1. The van der Waals surface area contributed by atoms with E-state index >= 15 is 0 Å². The molecule has 2 heterocycles. The first-order valence-corrected chi connectivity index (χ1v) is 6.57. The lowest BCUT2D eigenvalue weighted by Crippen LogP contribution is -2.37. The first-order valence-electron chi connectivity index (χ1n) is 6.57. The molecule has 1 aliphatic rings. The van der Waals surface area contributed by atoms with Gasteiger partial charge < -0.3 is 4.57 Å². The second kappa shape index (κ2) is 5.50. The van der Waals surface area contributed by atoms with Gasteiger partial charge in [-0.05, 0) is 44.0 Å². The van der Waals surface area contributed by atoms with Crippen molar-refractivity contribution in [3.8, 4) is 0 Å². The summed E-state index contributed by atoms with van der Waals surface area (Å²) in [5.74, 6) is 1.11. The van der Waals surface area contributed by atoms with Crippen LogP contribution in [0.3, 0.4) is 0 Å². The third kappa shape index (κ3) is 2.97. The van der Waals surface area contributed by atoms with E-state index in [0.29, 0.717) is 6.54 Å². The maximum atomic E-state index is 12.1. The Bertz CT molecular complexity index is 375. The van der Waals surface area contributed by atoms with Crippen LogP contribution >= 0.6 is 0 Å². The Morgan fingerprint density at radius 1 is 1.41 bits per heavy atom. The zero-order valence-electron chi connectivity index (χ0n) is 10.9. The Kier molecular flexibility index (Phi) is 4.00. The minimum absolute atomic E-state index is 0.243. The third-order valence-corrected chi connectivity index (χ3v) is 3.88. The molecule has 0 amide bonds. The lowest BCUT2D eigenvalue weighted by Gasteiger charge is -2.30. The normalized spacial score (nSPS) is 18.5. The van der Waals surface area contributed by atoms with E-state index in [-0.39, 0.29) is 5.78 Å². The molecule has 0 unspecified atom stereocenters. The molecule has 0 radical (unpaired) electrons. The van der Waals surface area contributed by atoms with Gasteiger partial charge in [-0.25, -0.2) is 0 Å². The average molecular weight is 234 g/mol. The number of rotatable bonds is 4. The summed E-state index contributed by atoms with van der Waals surface area (Å²) in [5.41, 5.74) is 0.822. The van der Waals surface area contributed by atoms with Crippen molar-refractivity contribution in [3.05, 3.63) is 24.0 Å². The predicted molar refractivity (Wildman–Crippen MR) is 69.2 cm³/mol. The molecule has 1 saturated heterocycles. The van der Waals surface area contributed by atoms with E-state index in [1.807, 2.05) is 29.9 Å². The Labute approximate surface area is 103 Å². The summed E-state index contributed by atoms with van der Waals surface area (Å²) in [6.07, 6.45) is 5.70. The lowest BCUT2D eigenvalue weighted by atomic mass is 9.94. The molecule has 3 nitrogen and oxygen atoms in total. The first kappa shape index (κ1) is 12.4. The molecule has 1 fully saturated rings. The number of likely N-dealkylation sites (tertiary alicyclic amines) is 1. The molecule has 0 atom stereocenters. The number of hydrogen-bond donors (Lipinski definition) is 0. The molecule has 1 aliphatic heterocycles. The number of piperidine rings is 1. The van der Waals surface area contributed by atoms with E-state index in [9.17, 15) is 4.79 Å². The molecule has 0 saturated carbocycles. The van der Waals surface area contributed by atoms with Crippen molar-refractivity contribution in [3.63, 3.8) is 0 Å². The molecule has 0 bridgehead atoms. The van der Waals surface area contributed by atoms with Gasteiger partial charge in [-0.2, -0.15) is 0 Å². The molecule has 2 rings (SSSR count). The van der Waals surface area contributed by atoms with Gasteiger partial charge in [0.05, 0.1) is 12.2 Å². The van der Waals surface area contributed by atoms with Crippen molar-refractivity contribution >= 4 is 5.78 Å². The summed E-state index contributed by atoms with van der Waals surface area (Å²) in [4.78, 5) is 14.4. The fourth-order valence-corrected chi connectivity index (χ4v) is 2.59. The van der Waals surface area contributed by atoms with E-state index in [1.54, 1.807) is 0 Å². The Balaban J connectivity index is 1.86. The Hall–Kier alpha value is -1.09. The topological polar surface area (TPSA) is 25.2 Å². The van der Waals surface area contributed by atoms with Gasteiger partial charge in [0, 0.05) is 13.2 Å². The molecule has 3 heteroatoms. The SMILES string of the molecule is CCC1CCN(CC(=O)c2cccn2C)CC1. The number of hydrogen-bond acceptors (Lipinski definition) is 2. The fourth-order valence-electron chi connectivity index (χ4n) is 2.59. The number of carbonyl (C=O) groups excluding carboxylic acids is 1. The fraction of sp³-hybridized carbons (Fsp3) is 0.643. The molecular formula is C14H22N2O. The first-order chi connectivity index (χ1) is 8.20. The molecule has 94 valence electrons. The van der Waals surface area contributed by atoms with Gasteiger partial charge in [0.25, 0.3) is 0 Å². The predicted octanol–water partition coefficient (Wildman–Crippen LogP) is 2.33. The number of carbonyl (C=O) groups is 1. The van der Waals surface area contributed by atoms with Gasteiger partial charge in [0.1, 0.15) is 0 Å². The highest BCUT2D eigenvalue weighted by atomic mass is 16.1. The molecule has 17 heavy (non-hydrogen) atoms. The zero-order valence-corrected chi connectivity index (χ0v) is 10.9. The van der Waals surface area contributed by atoms with Crippen LogP contribution in [0.2, 0.25) is 0 Å². The molecule has 0 aromatic carbocycles. The van der Waals surface area contributed by atoms with Crippen LogP contribution in [0.15, 0.2) is 18.3 Å². The molecule has 0 aliphatic carbocycles. The number of aryl methyl sites for hydroxylation is 1. The van der Waals surface area contributed by atoms with E-state index in [0.717, 1.165) is 24.7 Å². The van der Waals surface area contributed by atoms with Crippen LogP contribution in [0.25, 0.3) is 0 Å². The second-order valence-electron chi connectivity index (χ2n) is 5.06. The van der Waals surface area contributed by atoms with E-state index < -0.39 is 0 Å². The van der Waals surface area contributed by atoms with Gasteiger partial charge in [-0.1, -0.05) is 13.3 Å². The van der Waals surface area contributed by atoms with Gasteiger partial charge in [-0.15, -0.1) is 0 Å². The minimum atomic E-state index is 0.243. The largest absolute Gasteiger partial charge is 0.348 e. The number of ketones is 1. The van der Waals surface area contributed by atoms with Crippen LogP contribution in [0.5, 0.6) is 0 Å². The quantitative estimate of drug-likeness (QED) is 0.747. The van der Waals surface area contributed by atoms with Crippen molar-refractivity contribution in [2.24, 2.45) is 13.0 Å². The van der Waals surface area contributed by atoms with E-state index in [4.69, 9.17) is 0 Å². The Morgan fingerprint density at radius 3 is 2.65 bits per heavy atom. The van der Waals surface area contributed by atoms with Crippen LogP contribution in [-0.2, 0) is 7.05 Å². The van der Waals surface area contributed by atoms with Crippen LogP contribution in [0, 0.1) is 5.92 Å². The monoisotopic (exact) mass is 234 g/mol. The maximum Gasteiger partial charge on any atom is 0.193 e. The summed E-state index contributed by atoms with van der Waals surface area (Å²) >= 11 is 0. The lowest BCUT2D eigenvalue weighted by molar-refractivity contribution is 0.0886. The summed E-state index contributed by atoms with van der Waals surface area (Å²) in [5, 5.41) is 0. The molecule has 0 N–H and O–H groups in total. The van der Waals surface area contributed by atoms with Crippen molar-refractivity contribution in [2.45, 2.75) is 26.2 Å². The molecule has 0 spiro atoms. The highest BCUT2D eigenvalue weighted by Crippen LogP contribution is 2.19. The van der Waals surface area contributed by atoms with Crippen LogP contribution < -0.4 is 0 Å². The molecule has 1 aromatic rings. The minimum Gasteiger partial charge on any atom is -0.348 e. The van der Waals surface area contributed by atoms with E-state index in [1.165, 1.54) is 19.3 Å². The average Bonchev–Trinajstić information content (AvgIpc) is 2.76. The summed E-state index contributed by atoms with van der Waals surface area (Å²) < 4.78 is 1.90. The van der Waals surface area contributed by atoms with Crippen molar-refractivity contribution < 1.29 is 4.79 Å². The number of nitrogens with zero attached hydrogens (tertiary/aromatic N) is 2. The zero-order chi connectivity index (χ0) is 12.3. The van der Waals surface area contributed by atoms with Crippen LogP contribution in [-0.4, -0.2) is 34.9 Å². The van der Waals surface area contributed by atoms with Crippen molar-refractivity contribution in [2.75, 3.05) is 19.6 Å². The molecular weight excluding hydrogens is 212 g/mol. The summed E-state index contributed by atoms with van der Waals surface area (Å²) in [6.45, 7) is 4.99. The highest BCUT2D eigenvalue weighted by molar-refractivity contribution is 5.96. The van der Waals surface area contributed by atoms with Gasteiger partial charge in [0.15, 0.2) is 5.78 Å². The Morgan fingerprint density at radius 2 is 2.12 bits per heavy atom. The van der Waals surface area contributed by atoms with Crippen LogP contribution in [0.4, 0.5) is 0 Å². The smallest absolute Gasteiger partial charge is 0.193 e. The maximum absolute atomic E-state index is 12.1. The van der Waals surface area contributed by atoms with E-state index in [2.05, 4.69) is 11.8 Å². The molecule has 1 aromatic heterocycles. The highest BCUT2D eigenvalue weighted by Gasteiger charge is 2.20. The van der Waals surface area contributed by atoms with Gasteiger partial charge >= 0.3 is 0 Å². The van der Waals surface area contributed by atoms with Gasteiger partial charge in [0.2, 0.25) is 0 Å². The van der Waals surface area contributed by atoms with Crippen LogP contribution in [0.1, 0.15) is 36.7 Å². The number of Topliss-reactive ketones (excluding diaryl/α,β-unsaturated/α-hetero) is 1. The summed E-state index contributed by atoms with van der Waals surface area (Å²) in [7, 11) is 1.93. The van der Waals surface area contributed by atoms with Crippen molar-refractivity contribution in [1.82, 2.24) is 9.47 Å². The summed E-state index contributed by atoms with van der Waals surface area (Å²) in [6, 6.07) is 3.83. The van der Waals surface area contributed by atoms with Crippen molar-refractivity contribution in [1.29, 1.82) is 0 Å². The second-order valence-corrected chi connectivity index (χ2v) is 5.06.